The molecule has 19 heavy (non-hydrogen) atoms. The van der Waals surface area contributed by atoms with Crippen molar-refractivity contribution < 1.29 is 14.2 Å². The monoisotopic (exact) mass is 266 g/mol. The Kier molecular flexibility index (Phi) is 6.32. The fourth-order valence-corrected chi connectivity index (χ4v) is 2.17. The lowest BCUT2D eigenvalue weighted by Gasteiger charge is -2.23. The molecular weight excluding hydrogens is 240 g/mol. The van der Waals surface area contributed by atoms with Crippen LogP contribution in [-0.2, 0) is 9.47 Å². The highest BCUT2D eigenvalue weighted by Crippen LogP contribution is 2.34. The summed E-state index contributed by atoms with van der Waals surface area (Å²) in [6.07, 6.45) is 0. The Morgan fingerprint density at radius 1 is 1.05 bits per heavy atom. The van der Waals surface area contributed by atoms with Gasteiger partial charge in [-0.1, -0.05) is 39.8 Å². The van der Waals surface area contributed by atoms with Crippen molar-refractivity contribution in [1.29, 1.82) is 0 Å². The van der Waals surface area contributed by atoms with Crippen LogP contribution in [0.5, 0.6) is 5.75 Å². The molecule has 1 atom stereocenters. The maximum atomic E-state index is 5.84. The lowest BCUT2D eigenvalue weighted by atomic mass is 9.90. The van der Waals surface area contributed by atoms with Gasteiger partial charge in [0.25, 0.3) is 0 Å². The van der Waals surface area contributed by atoms with Gasteiger partial charge in [0.2, 0.25) is 0 Å². The minimum atomic E-state index is -0.648. The zero-order valence-electron chi connectivity index (χ0n) is 12.9. The smallest absolute Gasteiger partial charge is 0.315 e. The predicted octanol–water partition coefficient (Wildman–Crippen LogP) is 4.28. The molecule has 0 aliphatic rings. The Labute approximate surface area is 116 Å². The summed E-state index contributed by atoms with van der Waals surface area (Å²) < 4.78 is 16.4. The molecule has 0 saturated heterocycles. The molecule has 0 aromatic heterocycles. The normalized spacial score (nSPS) is 13.1. The van der Waals surface area contributed by atoms with Gasteiger partial charge in [-0.15, -0.1) is 0 Å². The van der Waals surface area contributed by atoms with Gasteiger partial charge in [-0.3, -0.25) is 0 Å². The summed E-state index contributed by atoms with van der Waals surface area (Å²) in [5.41, 5.74) is 2.55. The van der Waals surface area contributed by atoms with Crippen LogP contribution >= 0.6 is 0 Å². The third kappa shape index (κ3) is 4.22. The minimum Gasteiger partial charge on any atom is -0.441 e. The summed E-state index contributed by atoms with van der Waals surface area (Å²) in [5, 5.41) is 0. The van der Waals surface area contributed by atoms with Crippen molar-refractivity contribution in [2.24, 2.45) is 0 Å². The number of hydrogen-bond acceptors (Lipinski definition) is 3. The molecular formula is C16H26O3. The third-order valence-electron chi connectivity index (χ3n) is 3.02. The number of hydrogen-bond donors (Lipinski definition) is 0. The van der Waals surface area contributed by atoms with Crippen LogP contribution in [0.1, 0.15) is 57.6 Å². The van der Waals surface area contributed by atoms with Gasteiger partial charge in [0.1, 0.15) is 5.75 Å². The molecule has 0 spiro atoms. The first kappa shape index (κ1) is 16.0. The van der Waals surface area contributed by atoms with Gasteiger partial charge in [-0.25, -0.2) is 0 Å². The molecule has 0 amide bonds. The van der Waals surface area contributed by atoms with Crippen LogP contribution in [-0.4, -0.2) is 20.2 Å². The third-order valence-corrected chi connectivity index (χ3v) is 3.02. The van der Waals surface area contributed by atoms with E-state index in [2.05, 4.69) is 33.8 Å². The fourth-order valence-electron chi connectivity index (χ4n) is 2.17. The van der Waals surface area contributed by atoms with Crippen LogP contribution in [0.2, 0.25) is 0 Å². The van der Waals surface area contributed by atoms with E-state index < -0.39 is 6.48 Å². The molecule has 108 valence electrons. The molecule has 3 nitrogen and oxygen atoms in total. The molecule has 0 bridgehead atoms. The van der Waals surface area contributed by atoms with Gasteiger partial charge in [0.05, 0.1) is 6.61 Å². The van der Waals surface area contributed by atoms with E-state index in [1.807, 2.05) is 19.1 Å². The van der Waals surface area contributed by atoms with Gasteiger partial charge in [0, 0.05) is 12.7 Å². The highest BCUT2D eigenvalue weighted by atomic mass is 16.8. The van der Waals surface area contributed by atoms with Crippen LogP contribution < -0.4 is 4.74 Å². The standard InChI is InChI=1S/C16H26O3/c1-7-18-16(17-6)19-14-10-8-9-13(11(2)3)15(14)12(4)5/h8-12,16H,7H2,1-6H3. The second kappa shape index (κ2) is 7.51. The minimum absolute atomic E-state index is 0.396. The van der Waals surface area contributed by atoms with E-state index in [9.17, 15) is 0 Å². The Morgan fingerprint density at radius 3 is 2.21 bits per heavy atom. The van der Waals surface area contributed by atoms with Crippen molar-refractivity contribution in [2.45, 2.75) is 52.9 Å². The van der Waals surface area contributed by atoms with E-state index in [4.69, 9.17) is 14.2 Å². The van der Waals surface area contributed by atoms with E-state index in [1.165, 1.54) is 11.1 Å². The van der Waals surface area contributed by atoms with E-state index in [0.29, 0.717) is 18.4 Å². The van der Waals surface area contributed by atoms with Gasteiger partial charge in [-0.2, -0.15) is 0 Å². The molecule has 1 aromatic rings. The van der Waals surface area contributed by atoms with Crippen LogP contribution in [0.4, 0.5) is 0 Å². The number of benzene rings is 1. The fraction of sp³-hybridized carbons (Fsp3) is 0.625. The first-order valence-corrected chi connectivity index (χ1v) is 6.95. The average molecular weight is 266 g/mol. The van der Waals surface area contributed by atoms with Crippen molar-refractivity contribution in [3.8, 4) is 5.75 Å². The van der Waals surface area contributed by atoms with Gasteiger partial charge >= 0.3 is 6.48 Å². The number of rotatable bonds is 7. The maximum absolute atomic E-state index is 5.84. The van der Waals surface area contributed by atoms with Crippen LogP contribution in [0.3, 0.4) is 0 Å². The maximum Gasteiger partial charge on any atom is 0.315 e. The highest BCUT2D eigenvalue weighted by molar-refractivity contribution is 5.43. The molecule has 0 fully saturated rings. The second-order valence-corrected chi connectivity index (χ2v) is 5.17. The van der Waals surface area contributed by atoms with E-state index in [1.54, 1.807) is 7.11 Å². The second-order valence-electron chi connectivity index (χ2n) is 5.17. The van der Waals surface area contributed by atoms with Crippen LogP contribution in [0.25, 0.3) is 0 Å². The van der Waals surface area contributed by atoms with Crippen LogP contribution in [0, 0.1) is 0 Å². The molecule has 0 aliphatic heterocycles. The lowest BCUT2D eigenvalue weighted by Crippen LogP contribution is -2.23. The molecule has 3 heteroatoms. The van der Waals surface area contributed by atoms with Crippen molar-refractivity contribution in [3.05, 3.63) is 29.3 Å². The molecule has 1 aromatic carbocycles. The first-order valence-electron chi connectivity index (χ1n) is 6.95. The largest absolute Gasteiger partial charge is 0.441 e. The molecule has 0 saturated carbocycles. The van der Waals surface area contributed by atoms with Gasteiger partial charge < -0.3 is 14.2 Å². The predicted molar refractivity (Wildman–Crippen MR) is 77.7 cm³/mol. The molecule has 0 aliphatic carbocycles. The summed E-state index contributed by atoms with van der Waals surface area (Å²) in [6.45, 7) is 10.6. The summed E-state index contributed by atoms with van der Waals surface area (Å²) >= 11 is 0. The molecule has 1 unspecified atom stereocenters. The Bertz CT molecular complexity index is 386. The van der Waals surface area contributed by atoms with E-state index >= 15 is 0 Å². The molecule has 0 radical (unpaired) electrons. The summed E-state index contributed by atoms with van der Waals surface area (Å²) in [7, 11) is 1.58. The lowest BCUT2D eigenvalue weighted by molar-refractivity contribution is -0.231. The zero-order chi connectivity index (χ0) is 14.4. The topological polar surface area (TPSA) is 27.7 Å². The quantitative estimate of drug-likeness (QED) is 0.689. The number of ether oxygens (including phenoxy) is 3. The van der Waals surface area contributed by atoms with Crippen molar-refractivity contribution in [2.75, 3.05) is 13.7 Å². The van der Waals surface area contributed by atoms with Crippen molar-refractivity contribution >= 4 is 0 Å². The summed E-state index contributed by atoms with van der Waals surface area (Å²) in [5.74, 6) is 1.71. The SMILES string of the molecule is CCOC(OC)Oc1cccc(C(C)C)c1C(C)C. The first-order chi connectivity index (χ1) is 9.01. The summed E-state index contributed by atoms with van der Waals surface area (Å²) in [6, 6.07) is 6.16. The average Bonchev–Trinajstić information content (AvgIpc) is 2.37. The zero-order valence-corrected chi connectivity index (χ0v) is 12.9. The van der Waals surface area contributed by atoms with Crippen molar-refractivity contribution in [1.82, 2.24) is 0 Å². The highest BCUT2D eigenvalue weighted by Gasteiger charge is 2.18. The molecule has 1 rings (SSSR count). The Balaban J connectivity index is 3.09. The van der Waals surface area contributed by atoms with E-state index in [0.717, 1.165) is 5.75 Å². The Morgan fingerprint density at radius 2 is 1.74 bits per heavy atom. The Hall–Kier alpha value is -1.06. The summed E-state index contributed by atoms with van der Waals surface area (Å²) in [4.78, 5) is 0. The van der Waals surface area contributed by atoms with Gasteiger partial charge in [0.15, 0.2) is 0 Å². The van der Waals surface area contributed by atoms with E-state index in [-0.39, 0.29) is 0 Å². The van der Waals surface area contributed by atoms with Gasteiger partial charge in [-0.05, 0) is 30.4 Å². The molecule has 0 heterocycles. The molecule has 0 N–H and O–H groups in total. The van der Waals surface area contributed by atoms with Crippen molar-refractivity contribution in [3.63, 3.8) is 0 Å². The van der Waals surface area contributed by atoms with Crippen LogP contribution in [0.15, 0.2) is 18.2 Å². The number of methoxy groups -OCH3 is 1.